The van der Waals surface area contributed by atoms with Crippen molar-refractivity contribution < 1.29 is 13.2 Å². The number of amides is 1. The molecule has 0 bridgehead atoms. The summed E-state index contributed by atoms with van der Waals surface area (Å²) in [4.78, 5) is 16.4. The number of sulfonamides is 1. The first kappa shape index (κ1) is 18.5. The lowest BCUT2D eigenvalue weighted by molar-refractivity contribution is -0.116. The molecule has 1 amide bonds. The molecule has 1 aliphatic heterocycles. The first-order valence-electron chi connectivity index (χ1n) is 7.53. The van der Waals surface area contributed by atoms with Gasteiger partial charge in [-0.25, -0.2) is 8.42 Å². The summed E-state index contributed by atoms with van der Waals surface area (Å²) in [5.74, 6) is 0.713. The molecule has 2 N–H and O–H groups in total. The summed E-state index contributed by atoms with van der Waals surface area (Å²) in [6.07, 6.45) is 1.86. The average molecular weight is 410 g/mol. The highest BCUT2D eigenvalue weighted by Crippen LogP contribution is 2.25. The van der Waals surface area contributed by atoms with Crippen molar-refractivity contribution in [2.45, 2.75) is 15.7 Å². The second-order valence-electron chi connectivity index (χ2n) is 5.10. The molecular weight excluding hydrogens is 394 g/mol. The van der Waals surface area contributed by atoms with Gasteiger partial charge >= 0.3 is 0 Å². The first-order chi connectivity index (χ1) is 12.5. The van der Waals surface area contributed by atoms with Crippen molar-refractivity contribution in [1.29, 1.82) is 0 Å². The third kappa shape index (κ3) is 4.29. The van der Waals surface area contributed by atoms with Gasteiger partial charge in [0.15, 0.2) is 4.34 Å². The highest BCUT2D eigenvalue weighted by molar-refractivity contribution is 8.01. The molecule has 1 aromatic heterocycles. The van der Waals surface area contributed by atoms with Gasteiger partial charge in [0.2, 0.25) is 11.0 Å². The zero-order valence-electron chi connectivity index (χ0n) is 13.5. The largest absolute Gasteiger partial charge is 0.300 e. The molecule has 1 aliphatic rings. The van der Waals surface area contributed by atoms with Crippen LogP contribution in [0.15, 0.2) is 51.1 Å². The number of nitrogens with one attached hydrogen (secondary N) is 2. The Labute approximate surface area is 158 Å². The standard InChI is InChI=1S/C15H15N5O3S3/c1-2-9-24-15-19-18-14(25-15)17-12(21)7-8-16-13-10-5-3-4-6-11(10)26(22,23)20-13/h2-6H,1,7-9H2,(H,16,20)(H,17,18,21). The quantitative estimate of drug-likeness (QED) is 0.410. The third-order valence-electron chi connectivity index (χ3n) is 3.25. The molecule has 3 rings (SSSR count). The van der Waals surface area contributed by atoms with Gasteiger partial charge < -0.3 is 5.32 Å². The van der Waals surface area contributed by atoms with E-state index in [0.717, 1.165) is 10.1 Å². The number of carbonyl (C=O) groups is 1. The molecule has 0 saturated carbocycles. The van der Waals surface area contributed by atoms with Crippen LogP contribution in [0.3, 0.4) is 0 Å². The molecule has 2 aromatic rings. The number of benzene rings is 1. The van der Waals surface area contributed by atoms with Crippen LogP contribution < -0.4 is 10.0 Å². The molecule has 2 heterocycles. The van der Waals surface area contributed by atoms with Crippen LogP contribution >= 0.6 is 23.1 Å². The number of anilines is 1. The summed E-state index contributed by atoms with van der Waals surface area (Å²) >= 11 is 2.77. The third-order valence-corrected chi connectivity index (χ3v) is 6.61. The van der Waals surface area contributed by atoms with Gasteiger partial charge in [-0.15, -0.1) is 16.8 Å². The van der Waals surface area contributed by atoms with Crippen molar-refractivity contribution in [3.05, 3.63) is 42.5 Å². The van der Waals surface area contributed by atoms with Crippen LogP contribution in [0.1, 0.15) is 12.0 Å². The second-order valence-corrected chi connectivity index (χ2v) is 9.00. The lowest BCUT2D eigenvalue weighted by atomic mass is 10.2. The molecule has 0 atom stereocenters. The van der Waals surface area contributed by atoms with Crippen molar-refractivity contribution in [3.8, 4) is 0 Å². The van der Waals surface area contributed by atoms with Crippen LogP contribution in [-0.2, 0) is 14.8 Å². The van der Waals surface area contributed by atoms with Crippen molar-refractivity contribution in [3.63, 3.8) is 0 Å². The van der Waals surface area contributed by atoms with Crippen molar-refractivity contribution in [1.82, 2.24) is 14.9 Å². The summed E-state index contributed by atoms with van der Waals surface area (Å²) in [6.45, 7) is 3.78. The fourth-order valence-corrected chi connectivity index (χ4v) is 4.93. The van der Waals surface area contributed by atoms with E-state index in [1.807, 2.05) is 0 Å². The topological polar surface area (TPSA) is 113 Å². The SMILES string of the molecule is C=CCSc1nnc(NC(=O)CCN=C2NS(=O)(=O)c3ccccc32)s1. The van der Waals surface area contributed by atoms with E-state index in [4.69, 9.17) is 0 Å². The highest BCUT2D eigenvalue weighted by Gasteiger charge is 2.29. The zero-order chi connectivity index (χ0) is 18.6. The van der Waals surface area contributed by atoms with E-state index in [-0.39, 0.29) is 29.6 Å². The molecule has 11 heteroatoms. The normalized spacial score (nSPS) is 16.1. The van der Waals surface area contributed by atoms with E-state index in [2.05, 4.69) is 31.8 Å². The molecular formula is C15H15N5O3S3. The molecule has 0 spiro atoms. The second kappa shape index (κ2) is 7.98. The van der Waals surface area contributed by atoms with Crippen molar-refractivity contribution in [2.75, 3.05) is 17.6 Å². The number of aromatic nitrogens is 2. The van der Waals surface area contributed by atoms with Gasteiger partial charge in [0, 0.05) is 17.7 Å². The maximum atomic E-state index is 12.0. The summed E-state index contributed by atoms with van der Waals surface area (Å²) in [7, 11) is -3.57. The van der Waals surface area contributed by atoms with Gasteiger partial charge in [0.05, 0.1) is 11.4 Å². The van der Waals surface area contributed by atoms with E-state index in [0.29, 0.717) is 10.7 Å². The van der Waals surface area contributed by atoms with Gasteiger partial charge in [-0.3, -0.25) is 14.5 Å². The first-order valence-corrected chi connectivity index (χ1v) is 10.8. The molecule has 0 saturated heterocycles. The van der Waals surface area contributed by atoms with Crippen molar-refractivity contribution in [2.24, 2.45) is 4.99 Å². The summed E-state index contributed by atoms with van der Waals surface area (Å²) in [5.41, 5.74) is 0.515. The Morgan fingerprint density at radius 3 is 3.00 bits per heavy atom. The lowest BCUT2D eigenvalue weighted by Gasteiger charge is -2.00. The van der Waals surface area contributed by atoms with Gasteiger partial charge in [-0.2, -0.15) is 0 Å². The van der Waals surface area contributed by atoms with E-state index >= 15 is 0 Å². The molecule has 0 aliphatic carbocycles. The molecule has 8 nitrogen and oxygen atoms in total. The predicted molar refractivity (Wildman–Crippen MR) is 102 cm³/mol. The minimum atomic E-state index is -3.57. The van der Waals surface area contributed by atoms with E-state index in [1.165, 1.54) is 29.2 Å². The van der Waals surface area contributed by atoms with E-state index in [9.17, 15) is 13.2 Å². The van der Waals surface area contributed by atoms with Gasteiger partial charge in [-0.1, -0.05) is 41.3 Å². The Balaban J connectivity index is 1.56. The lowest BCUT2D eigenvalue weighted by Crippen LogP contribution is -2.23. The fraction of sp³-hybridized carbons (Fsp3) is 0.200. The smallest absolute Gasteiger partial charge is 0.263 e. The number of thioether (sulfide) groups is 1. The molecule has 1 aromatic carbocycles. The number of hydrogen-bond donors (Lipinski definition) is 2. The number of fused-ring (bicyclic) bond motifs is 1. The number of amidine groups is 1. The number of aliphatic imine (C=N–C) groups is 1. The average Bonchev–Trinajstić information content (AvgIpc) is 3.16. The van der Waals surface area contributed by atoms with Gasteiger partial charge in [-0.05, 0) is 12.1 Å². The minimum absolute atomic E-state index is 0.0993. The van der Waals surface area contributed by atoms with Crippen LogP contribution in [0.4, 0.5) is 5.13 Å². The predicted octanol–water partition coefficient (Wildman–Crippen LogP) is 1.88. The number of rotatable bonds is 7. The summed E-state index contributed by atoms with van der Waals surface area (Å²) in [5, 5.41) is 10.9. The number of nitrogens with zero attached hydrogens (tertiary/aromatic N) is 3. The van der Waals surface area contributed by atoms with Crippen LogP contribution in [-0.4, -0.2) is 42.7 Å². The summed E-state index contributed by atoms with van der Waals surface area (Å²) in [6, 6.07) is 6.58. The molecule has 0 fully saturated rings. The van der Waals surface area contributed by atoms with Crippen molar-refractivity contribution >= 4 is 50.0 Å². The fourth-order valence-electron chi connectivity index (χ4n) is 2.15. The van der Waals surface area contributed by atoms with Gasteiger partial charge in [0.25, 0.3) is 10.0 Å². The Bertz CT molecular complexity index is 968. The van der Waals surface area contributed by atoms with Gasteiger partial charge in [0.1, 0.15) is 5.84 Å². The van der Waals surface area contributed by atoms with Crippen LogP contribution in [0, 0.1) is 0 Å². The maximum absolute atomic E-state index is 12.0. The van der Waals surface area contributed by atoms with E-state index < -0.39 is 10.0 Å². The molecule has 136 valence electrons. The Hall–Kier alpha value is -2.24. The maximum Gasteiger partial charge on any atom is 0.263 e. The Kier molecular flexibility index (Phi) is 5.69. The monoisotopic (exact) mass is 409 g/mol. The molecule has 0 radical (unpaired) electrons. The molecule has 0 unspecified atom stereocenters. The van der Waals surface area contributed by atoms with E-state index in [1.54, 1.807) is 24.3 Å². The van der Waals surface area contributed by atoms with Crippen LogP contribution in [0.5, 0.6) is 0 Å². The van der Waals surface area contributed by atoms with Crippen LogP contribution in [0.2, 0.25) is 0 Å². The molecule has 26 heavy (non-hydrogen) atoms. The highest BCUT2D eigenvalue weighted by atomic mass is 32.2. The summed E-state index contributed by atoms with van der Waals surface area (Å²) < 4.78 is 27.1. The zero-order valence-corrected chi connectivity index (χ0v) is 16.0. The Morgan fingerprint density at radius 1 is 1.38 bits per heavy atom. The van der Waals surface area contributed by atoms with Crippen LogP contribution in [0.25, 0.3) is 0 Å². The Morgan fingerprint density at radius 2 is 2.19 bits per heavy atom. The number of carbonyl (C=O) groups excluding carboxylic acids is 1. The minimum Gasteiger partial charge on any atom is -0.300 e. The number of hydrogen-bond acceptors (Lipinski definition) is 8.